The van der Waals surface area contributed by atoms with Crippen molar-refractivity contribution in [2.75, 3.05) is 5.73 Å². The fourth-order valence-electron chi connectivity index (χ4n) is 1.07. The van der Waals surface area contributed by atoms with E-state index < -0.39 is 5.97 Å². The number of aromatic carboxylic acids is 1. The summed E-state index contributed by atoms with van der Waals surface area (Å²) < 4.78 is 1.55. The predicted octanol–water partition coefficient (Wildman–Crippen LogP) is 1.21. The molecule has 0 radical (unpaired) electrons. The smallest absolute Gasteiger partial charge is 0.346 e. The number of carbonyl (C=O) groups is 1. The molecule has 0 unspecified atom stereocenters. The number of hydrogen-bond acceptors (Lipinski definition) is 4. The van der Waals surface area contributed by atoms with Crippen molar-refractivity contribution in [2.45, 2.75) is 0 Å². The second kappa shape index (κ2) is 3.15. The molecule has 6 heteroatoms. The lowest BCUT2D eigenvalue weighted by atomic mass is 10.4. The molecule has 3 N–H and O–H groups in total. The number of nitrogens with zero attached hydrogens (tertiary/aromatic N) is 2. The van der Waals surface area contributed by atoms with Gasteiger partial charge in [-0.1, -0.05) is 0 Å². The highest BCUT2D eigenvalue weighted by atomic mass is 32.1. The maximum Gasteiger partial charge on any atom is 0.346 e. The summed E-state index contributed by atoms with van der Waals surface area (Å²) in [7, 11) is 0. The number of hydrogen-bond donors (Lipinski definition) is 2. The monoisotopic (exact) mass is 209 g/mol. The number of anilines is 1. The van der Waals surface area contributed by atoms with Crippen LogP contribution < -0.4 is 5.73 Å². The molecular weight excluding hydrogens is 202 g/mol. The van der Waals surface area contributed by atoms with Crippen molar-refractivity contribution in [1.29, 1.82) is 0 Å². The van der Waals surface area contributed by atoms with Crippen LogP contribution >= 0.6 is 11.3 Å². The molecule has 2 aromatic rings. The molecule has 0 aliphatic carbocycles. The number of carboxylic acid groups (broad SMARTS) is 1. The molecule has 14 heavy (non-hydrogen) atoms. The number of rotatable bonds is 2. The number of nitrogen functional groups attached to an aromatic ring is 1. The fraction of sp³-hybridized carbons (Fsp3) is 0. The Morgan fingerprint density at radius 1 is 1.64 bits per heavy atom. The van der Waals surface area contributed by atoms with Crippen LogP contribution in [0.5, 0.6) is 0 Å². The van der Waals surface area contributed by atoms with E-state index in [1.165, 1.54) is 6.07 Å². The first kappa shape index (κ1) is 8.76. The van der Waals surface area contributed by atoms with Crippen LogP contribution in [-0.2, 0) is 0 Å². The molecule has 0 atom stereocenters. The van der Waals surface area contributed by atoms with Gasteiger partial charge in [-0.25, -0.2) is 9.48 Å². The Kier molecular flexibility index (Phi) is 1.97. The lowest BCUT2D eigenvalue weighted by molar-refractivity contribution is 0.0702. The normalized spacial score (nSPS) is 10.3. The minimum Gasteiger partial charge on any atom is -0.477 e. The van der Waals surface area contributed by atoms with Gasteiger partial charge in [0.15, 0.2) is 0 Å². The zero-order chi connectivity index (χ0) is 10.1. The van der Waals surface area contributed by atoms with Gasteiger partial charge in [-0.05, 0) is 12.1 Å². The average molecular weight is 209 g/mol. The Hall–Kier alpha value is -1.82. The summed E-state index contributed by atoms with van der Waals surface area (Å²) in [5.74, 6) is -0.972. The summed E-state index contributed by atoms with van der Waals surface area (Å²) in [6.07, 6.45) is 3.33. The van der Waals surface area contributed by atoms with Gasteiger partial charge in [-0.3, -0.25) is 0 Å². The summed E-state index contributed by atoms with van der Waals surface area (Å²) in [6, 6.07) is 3.18. The van der Waals surface area contributed by atoms with Gasteiger partial charge in [-0.2, -0.15) is 5.10 Å². The third-order valence-electron chi connectivity index (χ3n) is 1.66. The van der Waals surface area contributed by atoms with Gasteiger partial charge in [0.05, 0.1) is 5.69 Å². The van der Waals surface area contributed by atoms with Crippen LogP contribution in [0.15, 0.2) is 24.5 Å². The summed E-state index contributed by atoms with van der Waals surface area (Å²) in [5.41, 5.74) is 6.08. The van der Waals surface area contributed by atoms with Crippen LogP contribution in [0.1, 0.15) is 9.67 Å². The van der Waals surface area contributed by atoms with E-state index >= 15 is 0 Å². The average Bonchev–Trinajstić information content (AvgIpc) is 2.71. The number of nitrogens with two attached hydrogens (primary N) is 1. The van der Waals surface area contributed by atoms with Crippen molar-refractivity contribution in [3.05, 3.63) is 29.4 Å². The molecule has 5 nitrogen and oxygen atoms in total. The first-order valence-corrected chi connectivity index (χ1v) is 4.63. The van der Waals surface area contributed by atoms with E-state index in [1.807, 2.05) is 0 Å². The van der Waals surface area contributed by atoms with Crippen LogP contribution in [0.4, 0.5) is 5.69 Å². The number of aromatic nitrogens is 2. The fourth-order valence-corrected chi connectivity index (χ4v) is 1.93. The first-order valence-electron chi connectivity index (χ1n) is 3.81. The van der Waals surface area contributed by atoms with Gasteiger partial charge in [-0.15, -0.1) is 11.3 Å². The van der Waals surface area contributed by atoms with Crippen LogP contribution in [0.25, 0.3) is 5.00 Å². The lowest BCUT2D eigenvalue weighted by Crippen LogP contribution is -1.94. The van der Waals surface area contributed by atoms with E-state index in [9.17, 15) is 4.79 Å². The molecular formula is C8H7N3O2S. The second-order valence-electron chi connectivity index (χ2n) is 2.63. The van der Waals surface area contributed by atoms with Crippen molar-refractivity contribution in [3.63, 3.8) is 0 Å². The quantitative estimate of drug-likeness (QED) is 0.779. The maximum atomic E-state index is 10.7. The molecule has 0 aliphatic heterocycles. The van der Waals surface area contributed by atoms with E-state index in [1.54, 1.807) is 23.1 Å². The molecule has 0 amide bonds. The molecule has 0 fully saturated rings. The van der Waals surface area contributed by atoms with Crippen molar-refractivity contribution >= 4 is 23.0 Å². The molecule has 0 saturated heterocycles. The van der Waals surface area contributed by atoms with Gasteiger partial charge < -0.3 is 10.8 Å². The zero-order valence-electron chi connectivity index (χ0n) is 7.04. The van der Waals surface area contributed by atoms with Crippen LogP contribution in [0.2, 0.25) is 0 Å². The lowest BCUT2D eigenvalue weighted by Gasteiger charge is -1.96. The van der Waals surface area contributed by atoms with E-state index in [4.69, 9.17) is 10.8 Å². The van der Waals surface area contributed by atoms with E-state index in [2.05, 4.69) is 5.10 Å². The minimum atomic E-state index is -0.972. The minimum absolute atomic E-state index is 0.216. The van der Waals surface area contributed by atoms with Gasteiger partial charge in [0.2, 0.25) is 0 Å². The SMILES string of the molecule is Nc1cc(C(=O)O)sc1-n1cccn1. The number of thiophene rings is 1. The van der Waals surface area contributed by atoms with E-state index in [0.717, 1.165) is 11.3 Å². The predicted molar refractivity (Wildman–Crippen MR) is 52.8 cm³/mol. The third kappa shape index (κ3) is 1.35. The summed E-state index contributed by atoms with van der Waals surface area (Å²) in [6.45, 7) is 0. The molecule has 0 spiro atoms. The first-order chi connectivity index (χ1) is 6.68. The number of carboxylic acids is 1. The van der Waals surface area contributed by atoms with Crippen molar-refractivity contribution in [2.24, 2.45) is 0 Å². The Morgan fingerprint density at radius 3 is 2.93 bits per heavy atom. The second-order valence-corrected chi connectivity index (χ2v) is 3.66. The Balaban J connectivity index is 2.50. The molecule has 72 valence electrons. The van der Waals surface area contributed by atoms with Gasteiger partial charge >= 0.3 is 5.97 Å². The maximum absolute atomic E-state index is 10.7. The van der Waals surface area contributed by atoms with Crippen molar-refractivity contribution in [1.82, 2.24) is 9.78 Å². The summed E-state index contributed by atoms with van der Waals surface area (Å²) in [4.78, 5) is 10.9. The molecule has 0 bridgehead atoms. The molecule has 0 saturated carbocycles. The summed E-state index contributed by atoms with van der Waals surface area (Å²) >= 11 is 1.10. The topological polar surface area (TPSA) is 81.1 Å². The van der Waals surface area contributed by atoms with Gasteiger partial charge in [0.25, 0.3) is 0 Å². The molecule has 2 rings (SSSR count). The van der Waals surface area contributed by atoms with Crippen molar-refractivity contribution < 1.29 is 9.90 Å². The molecule has 0 aliphatic rings. The molecule has 0 aromatic carbocycles. The highest BCUT2D eigenvalue weighted by Gasteiger charge is 2.12. The highest BCUT2D eigenvalue weighted by molar-refractivity contribution is 7.17. The van der Waals surface area contributed by atoms with Crippen LogP contribution in [0.3, 0.4) is 0 Å². The third-order valence-corrected chi connectivity index (χ3v) is 2.79. The molecule has 2 heterocycles. The molecule has 2 aromatic heterocycles. The standard InChI is InChI=1S/C8H7N3O2S/c9-5-4-6(8(12)13)14-7(5)11-3-1-2-10-11/h1-4H,9H2,(H,12,13). The van der Waals surface area contributed by atoms with E-state index in [0.29, 0.717) is 10.7 Å². The Labute approximate surface area is 83.4 Å². The Bertz CT molecular complexity index is 461. The highest BCUT2D eigenvalue weighted by Crippen LogP contribution is 2.27. The zero-order valence-corrected chi connectivity index (χ0v) is 7.86. The van der Waals surface area contributed by atoms with Crippen molar-refractivity contribution in [3.8, 4) is 5.00 Å². The summed E-state index contributed by atoms with van der Waals surface area (Å²) in [5, 5.41) is 13.4. The van der Waals surface area contributed by atoms with Crippen LogP contribution in [0, 0.1) is 0 Å². The Morgan fingerprint density at radius 2 is 2.43 bits per heavy atom. The van der Waals surface area contributed by atoms with Crippen LogP contribution in [-0.4, -0.2) is 20.9 Å². The van der Waals surface area contributed by atoms with Gasteiger partial charge in [0.1, 0.15) is 9.88 Å². The van der Waals surface area contributed by atoms with E-state index in [-0.39, 0.29) is 4.88 Å². The largest absolute Gasteiger partial charge is 0.477 e. The van der Waals surface area contributed by atoms with Gasteiger partial charge in [0, 0.05) is 12.4 Å².